The highest BCUT2D eigenvalue weighted by Gasteiger charge is 2.25. The SMILES string of the molecule is COc1ccc(NS(=O)(=O)c2cc(C(=O)N3CCc4sccc4C3)ccc2Cl)cc1. The number of fused-ring (bicyclic) bond motifs is 1. The Morgan fingerprint density at radius 1 is 1.17 bits per heavy atom. The van der Waals surface area contributed by atoms with Crippen molar-refractivity contribution in [3.05, 3.63) is 74.9 Å². The molecule has 0 aliphatic carbocycles. The Labute approximate surface area is 184 Å². The van der Waals surface area contributed by atoms with Crippen LogP contribution in [0.25, 0.3) is 0 Å². The van der Waals surface area contributed by atoms with Crippen LogP contribution in [0, 0.1) is 0 Å². The first kappa shape index (κ1) is 20.7. The zero-order valence-corrected chi connectivity index (χ0v) is 18.5. The minimum atomic E-state index is -3.98. The number of anilines is 1. The van der Waals surface area contributed by atoms with Gasteiger partial charge in [0.25, 0.3) is 15.9 Å². The molecule has 0 fully saturated rings. The predicted octanol–water partition coefficient (Wildman–Crippen LogP) is 4.41. The third-order valence-corrected chi connectivity index (χ3v) is 7.79. The lowest BCUT2D eigenvalue weighted by atomic mass is 10.1. The molecule has 156 valence electrons. The number of hydrogen-bond donors (Lipinski definition) is 1. The summed E-state index contributed by atoms with van der Waals surface area (Å²) in [6.45, 7) is 1.12. The minimum Gasteiger partial charge on any atom is -0.497 e. The van der Waals surface area contributed by atoms with Crippen molar-refractivity contribution in [3.8, 4) is 5.75 Å². The van der Waals surface area contributed by atoms with Crippen LogP contribution in [0.3, 0.4) is 0 Å². The maximum Gasteiger partial charge on any atom is 0.263 e. The van der Waals surface area contributed by atoms with Crippen LogP contribution >= 0.6 is 22.9 Å². The third kappa shape index (κ3) is 4.16. The standard InChI is InChI=1S/C21H19ClN2O4S2/c1-28-17-5-3-16(4-6-17)23-30(26,27)20-12-14(2-7-18(20)22)21(25)24-10-8-19-15(13-24)9-11-29-19/h2-7,9,11-12,23H,8,10,13H2,1H3. The molecule has 0 saturated heterocycles. The van der Waals surface area contributed by atoms with Crippen molar-refractivity contribution >= 4 is 44.6 Å². The number of thiophene rings is 1. The van der Waals surface area contributed by atoms with E-state index in [4.69, 9.17) is 16.3 Å². The van der Waals surface area contributed by atoms with Crippen LogP contribution in [0.5, 0.6) is 5.75 Å². The summed E-state index contributed by atoms with van der Waals surface area (Å²) in [5, 5.41) is 2.07. The molecule has 1 aliphatic rings. The average Bonchev–Trinajstić information content (AvgIpc) is 3.21. The van der Waals surface area contributed by atoms with Crippen LogP contribution in [0.15, 0.2) is 58.8 Å². The molecule has 1 N–H and O–H groups in total. The molecule has 0 spiro atoms. The zero-order chi connectivity index (χ0) is 21.3. The molecule has 1 amide bonds. The monoisotopic (exact) mass is 462 g/mol. The highest BCUT2D eigenvalue weighted by atomic mass is 35.5. The summed E-state index contributed by atoms with van der Waals surface area (Å²) in [5.41, 5.74) is 1.79. The Morgan fingerprint density at radius 2 is 1.93 bits per heavy atom. The normalized spacial score (nSPS) is 13.6. The first-order valence-corrected chi connectivity index (χ1v) is 11.9. The second kappa shape index (κ2) is 8.29. The molecule has 0 saturated carbocycles. The molecule has 0 atom stereocenters. The van der Waals surface area contributed by atoms with E-state index in [9.17, 15) is 13.2 Å². The van der Waals surface area contributed by atoms with Gasteiger partial charge in [0.15, 0.2) is 0 Å². The Bertz CT molecular complexity index is 1190. The van der Waals surface area contributed by atoms with Crippen LogP contribution < -0.4 is 9.46 Å². The third-order valence-electron chi connectivity index (χ3n) is 4.90. The van der Waals surface area contributed by atoms with Gasteiger partial charge in [-0.05, 0) is 65.9 Å². The van der Waals surface area contributed by atoms with Crippen molar-refractivity contribution in [2.24, 2.45) is 0 Å². The summed E-state index contributed by atoms with van der Waals surface area (Å²) in [6, 6.07) is 12.8. The van der Waals surface area contributed by atoms with Gasteiger partial charge in [-0.15, -0.1) is 11.3 Å². The zero-order valence-electron chi connectivity index (χ0n) is 16.1. The van der Waals surface area contributed by atoms with Crippen LogP contribution in [0.4, 0.5) is 5.69 Å². The molecule has 1 aliphatic heterocycles. The lowest BCUT2D eigenvalue weighted by molar-refractivity contribution is 0.0735. The van der Waals surface area contributed by atoms with E-state index in [1.54, 1.807) is 46.6 Å². The van der Waals surface area contributed by atoms with Gasteiger partial charge in [0.1, 0.15) is 10.6 Å². The van der Waals surface area contributed by atoms with Crippen molar-refractivity contribution in [1.29, 1.82) is 0 Å². The smallest absolute Gasteiger partial charge is 0.263 e. The molecule has 6 nitrogen and oxygen atoms in total. The number of halogens is 1. The highest BCUT2D eigenvalue weighted by Crippen LogP contribution is 2.28. The maximum absolute atomic E-state index is 13.0. The fourth-order valence-electron chi connectivity index (χ4n) is 3.32. The molecule has 0 unspecified atom stereocenters. The summed E-state index contributed by atoms with van der Waals surface area (Å²) < 4.78 is 33.4. The van der Waals surface area contributed by atoms with E-state index in [1.165, 1.54) is 24.1 Å². The quantitative estimate of drug-likeness (QED) is 0.609. The number of amides is 1. The minimum absolute atomic E-state index is 0.0475. The van der Waals surface area contributed by atoms with Crippen molar-refractivity contribution in [2.45, 2.75) is 17.9 Å². The first-order chi connectivity index (χ1) is 14.4. The number of ether oxygens (including phenoxy) is 1. The number of rotatable bonds is 5. The van der Waals surface area contributed by atoms with E-state index < -0.39 is 10.0 Å². The van der Waals surface area contributed by atoms with Crippen molar-refractivity contribution in [1.82, 2.24) is 4.90 Å². The second-order valence-corrected chi connectivity index (χ2v) is 9.88. The Morgan fingerprint density at radius 3 is 2.67 bits per heavy atom. The van der Waals surface area contributed by atoms with Crippen molar-refractivity contribution in [2.75, 3.05) is 18.4 Å². The summed E-state index contributed by atoms with van der Waals surface area (Å²) in [6.07, 6.45) is 0.802. The number of methoxy groups -OCH3 is 1. The molecule has 30 heavy (non-hydrogen) atoms. The van der Waals surface area contributed by atoms with Crippen LogP contribution in [-0.4, -0.2) is 32.9 Å². The Kier molecular flexibility index (Phi) is 5.73. The van der Waals surface area contributed by atoms with E-state index in [0.29, 0.717) is 24.5 Å². The van der Waals surface area contributed by atoms with E-state index in [0.717, 1.165) is 12.0 Å². The van der Waals surface area contributed by atoms with Gasteiger partial charge in [0, 0.05) is 29.2 Å². The number of carbonyl (C=O) groups is 1. The van der Waals surface area contributed by atoms with Gasteiger partial charge in [-0.2, -0.15) is 0 Å². The maximum atomic E-state index is 13.0. The Balaban J connectivity index is 1.58. The van der Waals surface area contributed by atoms with E-state index >= 15 is 0 Å². The van der Waals surface area contributed by atoms with Gasteiger partial charge in [0.2, 0.25) is 0 Å². The summed E-state index contributed by atoms with van der Waals surface area (Å²) in [4.78, 5) is 15.9. The van der Waals surface area contributed by atoms with E-state index in [2.05, 4.69) is 4.72 Å². The van der Waals surface area contributed by atoms with E-state index in [1.807, 2.05) is 11.4 Å². The van der Waals surface area contributed by atoms with Gasteiger partial charge < -0.3 is 9.64 Å². The first-order valence-electron chi connectivity index (χ1n) is 9.18. The summed E-state index contributed by atoms with van der Waals surface area (Å²) in [5.74, 6) is 0.392. The van der Waals surface area contributed by atoms with Crippen molar-refractivity contribution < 1.29 is 17.9 Å². The van der Waals surface area contributed by atoms with Gasteiger partial charge in [-0.25, -0.2) is 8.42 Å². The molecule has 0 bridgehead atoms. The molecule has 1 aromatic heterocycles. The lowest BCUT2D eigenvalue weighted by Gasteiger charge is -2.27. The fourth-order valence-corrected chi connectivity index (χ4v) is 5.79. The fraction of sp³-hybridized carbons (Fsp3) is 0.190. The molecule has 9 heteroatoms. The highest BCUT2D eigenvalue weighted by molar-refractivity contribution is 7.92. The van der Waals surface area contributed by atoms with Gasteiger partial charge >= 0.3 is 0 Å². The van der Waals surface area contributed by atoms with Crippen LogP contribution in [0.1, 0.15) is 20.8 Å². The van der Waals surface area contributed by atoms with E-state index in [-0.39, 0.29) is 21.4 Å². The number of carbonyl (C=O) groups excluding carboxylic acids is 1. The number of sulfonamides is 1. The number of nitrogens with one attached hydrogen (secondary N) is 1. The number of hydrogen-bond acceptors (Lipinski definition) is 5. The Hall–Kier alpha value is -2.55. The molecule has 2 heterocycles. The average molecular weight is 463 g/mol. The number of benzene rings is 2. The topological polar surface area (TPSA) is 75.7 Å². The predicted molar refractivity (Wildman–Crippen MR) is 118 cm³/mol. The molecular weight excluding hydrogens is 444 g/mol. The largest absolute Gasteiger partial charge is 0.497 e. The molecule has 0 radical (unpaired) electrons. The molecular formula is C21H19ClN2O4S2. The molecule has 2 aromatic carbocycles. The van der Waals surface area contributed by atoms with Crippen molar-refractivity contribution in [3.63, 3.8) is 0 Å². The summed E-state index contributed by atoms with van der Waals surface area (Å²) in [7, 11) is -2.45. The van der Waals surface area contributed by atoms with Gasteiger partial charge in [0.05, 0.1) is 12.1 Å². The second-order valence-electron chi connectivity index (χ2n) is 6.82. The molecule has 4 rings (SSSR count). The summed E-state index contributed by atoms with van der Waals surface area (Å²) >= 11 is 7.87. The van der Waals surface area contributed by atoms with Gasteiger partial charge in [-0.1, -0.05) is 11.6 Å². The van der Waals surface area contributed by atoms with Crippen LogP contribution in [-0.2, 0) is 23.0 Å². The number of nitrogens with zero attached hydrogens (tertiary/aromatic N) is 1. The lowest BCUT2D eigenvalue weighted by Crippen LogP contribution is -2.35. The molecule has 3 aromatic rings. The van der Waals surface area contributed by atoms with Gasteiger partial charge in [-0.3, -0.25) is 9.52 Å². The van der Waals surface area contributed by atoms with Crippen LogP contribution in [0.2, 0.25) is 5.02 Å².